The lowest BCUT2D eigenvalue weighted by Gasteiger charge is -2.08. The summed E-state index contributed by atoms with van der Waals surface area (Å²) in [7, 11) is 1.56. The van der Waals surface area contributed by atoms with E-state index < -0.39 is 0 Å². The van der Waals surface area contributed by atoms with E-state index in [9.17, 15) is 4.79 Å². The fraction of sp³-hybridized carbons (Fsp3) is 0.158. The number of hydrogen-bond donors (Lipinski definition) is 0. The fourth-order valence-electron chi connectivity index (χ4n) is 2.90. The second kappa shape index (κ2) is 6.44. The Morgan fingerprint density at radius 2 is 2.00 bits per heavy atom. The first kappa shape index (κ1) is 16.0. The summed E-state index contributed by atoms with van der Waals surface area (Å²) in [5, 5.41) is 4.86. The van der Waals surface area contributed by atoms with Crippen LogP contribution in [0.4, 0.5) is 0 Å². The molecule has 1 aromatic carbocycles. The number of aromatic nitrogens is 5. The van der Waals surface area contributed by atoms with Crippen molar-refractivity contribution in [3.05, 3.63) is 76.6 Å². The van der Waals surface area contributed by atoms with Gasteiger partial charge in [0, 0.05) is 12.3 Å². The minimum atomic E-state index is -0.134. The summed E-state index contributed by atoms with van der Waals surface area (Å²) in [6.07, 6.45) is 4.77. The molecule has 3 heterocycles. The molecular weight excluding hydrogens is 330 g/mol. The average molecular weight is 347 g/mol. The number of aryl methyl sites for hydroxylation is 1. The molecule has 0 aliphatic heterocycles. The number of para-hydroxylation sites is 1. The molecule has 0 amide bonds. The van der Waals surface area contributed by atoms with E-state index in [1.165, 1.54) is 0 Å². The van der Waals surface area contributed by atoms with Crippen molar-refractivity contribution in [1.82, 2.24) is 24.3 Å². The molecular formula is C19H17N5O2. The van der Waals surface area contributed by atoms with Gasteiger partial charge in [-0.15, -0.1) is 0 Å². The van der Waals surface area contributed by atoms with Crippen LogP contribution < -0.4 is 10.3 Å². The maximum atomic E-state index is 12.8. The number of hydrogen-bond acceptors (Lipinski definition) is 5. The molecule has 0 bridgehead atoms. The van der Waals surface area contributed by atoms with E-state index in [1.54, 1.807) is 41.1 Å². The van der Waals surface area contributed by atoms with Crippen molar-refractivity contribution in [1.29, 1.82) is 0 Å². The van der Waals surface area contributed by atoms with Gasteiger partial charge in [-0.05, 0) is 30.2 Å². The third-order valence-electron chi connectivity index (χ3n) is 4.26. The molecule has 0 spiro atoms. The lowest BCUT2D eigenvalue weighted by atomic mass is 10.2. The van der Waals surface area contributed by atoms with Crippen LogP contribution in [0.1, 0.15) is 11.1 Å². The van der Waals surface area contributed by atoms with E-state index in [2.05, 4.69) is 15.1 Å². The van der Waals surface area contributed by atoms with E-state index in [-0.39, 0.29) is 5.56 Å². The summed E-state index contributed by atoms with van der Waals surface area (Å²) in [5.74, 6) is 0.511. The fourth-order valence-corrected chi connectivity index (χ4v) is 2.90. The summed E-state index contributed by atoms with van der Waals surface area (Å²) in [6.45, 7) is 2.39. The predicted octanol–water partition coefficient (Wildman–Crippen LogP) is 2.34. The summed E-state index contributed by atoms with van der Waals surface area (Å²) in [4.78, 5) is 21.4. The monoisotopic (exact) mass is 347 g/mol. The van der Waals surface area contributed by atoms with Crippen LogP contribution in [0, 0.1) is 6.92 Å². The highest BCUT2D eigenvalue weighted by molar-refractivity contribution is 5.75. The van der Waals surface area contributed by atoms with Gasteiger partial charge < -0.3 is 4.74 Å². The maximum absolute atomic E-state index is 12.8. The van der Waals surface area contributed by atoms with Crippen molar-refractivity contribution in [2.24, 2.45) is 0 Å². The van der Waals surface area contributed by atoms with Crippen molar-refractivity contribution in [3.63, 3.8) is 0 Å². The van der Waals surface area contributed by atoms with E-state index in [1.807, 2.05) is 37.3 Å². The Bertz CT molecular complexity index is 1150. The zero-order valence-corrected chi connectivity index (χ0v) is 14.5. The molecule has 0 unspecified atom stereocenters. The third kappa shape index (κ3) is 2.73. The number of ether oxygens (including phenoxy) is 1. The molecule has 0 saturated heterocycles. The Morgan fingerprint density at radius 3 is 2.81 bits per heavy atom. The van der Waals surface area contributed by atoms with E-state index in [0.717, 1.165) is 16.8 Å². The van der Waals surface area contributed by atoms with Gasteiger partial charge in [0.15, 0.2) is 5.65 Å². The first-order valence-electron chi connectivity index (χ1n) is 8.15. The normalized spacial score (nSPS) is 11.0. The van der Waals surface area contributed by atoms with Gasteiger partial charge in [-0.25, -0.2) is 14.6 Å². The van der Waals surface area contributed by atoms with Crippen LogP contribution >= 0.6 is 0 Å². The first-order valence-corrected chi connectivity index (χ1v) is 8.15. The van der Waals surface area contributed by atoms with Crippen LogP contribution in [0.3, 0.4) is 0 Å². The Balaban J connectivity index is 1.77. The Hall–Kier alpha value is -3.48. The van der Waals surface area contributed by atoms with Crippen LogP contribution in [-0.4, -0.2) is 31.4 Å². The molecule has 3 aromatic heterocycles. The molecule has 0 saturated carbocycles. The zero-order valence-electron chi connectivity index (χ0n) is 14.5. The smallest absolute Gasteiger partial charge is 0.264 e. The summed E-state index contributed by atoms with van der Waals surface area (Å²) in [5.41, 5.74) is 3.29. The van der Waals surface area contributed by atoms with Crippen LogP contribution in [0.5, 0.6) is 5.88 Å². The number of fused-ring (bicyclic) bond motifs is 1. The average Bonchev–Trinajstić information content (AvgIpc) is 3.09. The van der Waals surface area contributed by atoms with Gasteiger partial charge in [-0.1, -0.05) is 18.2 Å². The Morgan fingerprint density at radius 1 is 1.15 bits per heavy atom. The zero-order chi connectivity index (χ0) is 18.1. The van der Waals surface area contributed by atoms with Crippen molar-refractivity contribution in [2.45, 2.75) is 13.5 Å². The molecule has 0 atom stereocenters. The first-order chi connectivity index (χ1) is 12.7. The van der Waals surface area contributed by atoms with E-state index in [4.69, 9.17) is 4.74 Å². The number of rotatable bonds is 4. The van der Waals surface area contributed by atoms with Gasteiger partial charge in [0.25, 0.3) is 5.56 Å². The van der Waals surface area contributed by atoms with Crippen molar-refractivity contribution in [2.75, 3.05) is 7.11 Å². The second-order valence-electron chi connectivity index (χ2n) is 5.96. The number of pyridine rings is 1. The van der Waals surface area contributed by atoms with E-state index >= 15 is 0 Å². The van der Waals surface area contributed by atoms with Crippen molar-refractivity contribution < 1.29 is 4.74 Å². The maximum Gasteiger partial charge on any atom is 0.264 e. The number of benzene rings is 1. The molecule has 7 nitrogen and oxygen atoms in total. The van der Waals surface area contributed by atoms with Gasteiger partial charge in [-0.2, -0.15) is 5.10 Å². The third-order valence-corrected chi connectivity index (χ3v) is 4.26. The standard InChI is InChI=1S/C19H17N5O2/c1-13-5-3-4-6-16(13)24-18-15(10-22-24)19(25)23(12-21-18)11-14-7-8-20-17(9-14)26-2/h3-10,12H,11H2,1-2H3. The van der Waals surface area contributed by atoms with Crippen molar-refractivity contribution >= 4 is 11.0 Å². The predicted molar refractivity (Wildman–Crippen MR) is 97.8 cm³/mol. The summed E-state index contributed by atoms with van der Waals surface area (Å²) >= 11 is 0. The molecule has 0 N–H and O–H groups in total. The molecule has 130 valence electrons. The molecule has 4 rings (SSSR count). The molecule has 0 fully saturated rings. The van der Waals surface area contributed by atoms with Crippen LogP contribution in [-0.2, 0) is 6.54 Å². The molecule has 0 radical (unpaired) electrons. The SMILES string of the molecule is COc1cc(Cn2cnc3c(cnn3-c3ccccc3C)c2=O)ccn1. The number of nitrogens with zero attached hydrogens (tertiary/aromatic N) is 5. The lowest BCUT2D eigenvalue weighted by molar-refractivity contribution is 0.397. The largest absolute Gasteiger partial charge is 0.481 e. The van der Waals surface area contributed by atoms with Gasteiger partial charge in [0.2, 0.25) is 5.88 Å². The highest BCUT2D eigenvalue weighted by Crippen LogP contribution is 2.17. The minimum Gasteiger partial charge on any atom is -0.481 e. The van der Waals surface area contributed by atoms with Gasteiger partial charge in [0.05, 0.1) is 25.5 Å². The van der Waals surface area contributed by atoms with Crippen LogP contribution in [0.25, 0.3) is 16.7 Å². The topological polar surface area (TPSA) is 74.8 Å². The van der Waals surface area contributed by atoms with Gasteiger partial charge in [-0.3, -0.25) is 9.36 Å². The molecule has 7 heteroatoms. The van der Waals surface area contributed by atoms with Gasteiger partial charge in [0.1, 0.15) is 11.7 Å². The minimum absolute atomic E-state index is 0.134. The number of methoxy groups -OCH3 is 1. The molecule has 0 aliphatic rings. The van der Waals surface area contributed by atoms with Crippen LogP contribution in [0.15, 0.2) is 59.9 Å². The summed E-state index contributed by atoms with van der Waals surface area (Å²) < 4.78 is 8.39. The molecule has 4 aromatic rings. The highest BCUT2D eigenvalue weighted by atomic mass is 16.5. The molecule has 0 aliphatic carbocycles. The van der Waals surface area contributed by atoms with E-state index in [0.29, 0.717) is 23.5 Å². The Kier molecular flexibility index (Phi) is 3.96. The quantitative estimate of drug-likeness (QED) is 0.566. The van der Waals surface area contributed by atoms with Gasteiger partial charge >= 0.3 is 0 Å². The second-order valence-corrected chi connectivity index (χ2v) is 5.96. The summed E-state index contributed by atoms with van der Waals surface area (Å²) in [6, 6.07) is 11.5. The van der Waals surface area contributed by atoms with Crippen LogP contribution in [0.2, 0.25) is 0 Å². The molecule has 26 heavy (non-hydrogen) atoms. The lowest BCUT2D eigenvalue weighted by Crippen LogP contribution is -2.21. The Labute approximate surface area is 149 Å². The van der Waals surface area contributed by atoms with Crippen molar-refractivity contribution in [3.8, 4) is 11.6 Å². The highest BCUT2D eigenvalue weighted by Gasteiger charge is 2.13.